The molecule has 0 aromatic carbocycles. The summed E-state index contributed by atoms with van der Waals surface area (Å²) in [5, 5.41) is 5.48. The molecule has 2 aliphatic carbocycles. The van der Waals surface area contributed by atoms with Gasteiger partial charge in [-0.05, 0) is 59.3 Å². The van der Waals surface area contributed by atoms with Crippen molar-refractivity contribution in [2.24, 2.45) is 0 Å². The number of methoxy groups -OCH3 is 1. The SMILES string of the molecule is COCC1(n2ncc(Cl)c2C(C)(C)C[n+]2cc(C3CC3)c(C(C)(C)C)n2C(C)C)CC1. The van der Waals surface area contributed by atoms with Gasteiger partial charge in [0.2, 0.25) is 0 Å². The molecule has 2 aromatic rings. The van der Waals surface area contributed by atoms with Gasteiger partial charge in [0.1, 0.15) is 0 Å². The molecule has 0 radical (unpaired) electrons. The zero-order chi connectivity index (χ0) is 22.8. The van der Waals surface area contributed by atoms with Crippen LogP contribution in [0.1, 0.15) is 103 Å². The van der Waals surface area contributed by atoms with E-state index in [4.69, 9.17) is 21.4 Å². The van der Waals surface area contributed by atoms with Crippen molar-refractivity contribution in [3.8, 4) is 0 Å². The van der Waals surface area contributed by atoms with Gasteiger partial charge in [0.05, 0.1) is 46.2 Å². The van der Waals surface area contributed by atoms with Gasteiger partial charge in [-0.15, -0.1) is 4.68 Å². The third kappa shape index (κ3) is 4.08. The number of nitrogens with zero attached hydrogens (tertiary/aromatic N) is 4. The van der Waals surface area contributed by atoms with Gasteiger partial charge in [-0.2, -0.15) is 9.78 Å². The standard InChI is InChI=1S/C25H40ClN4O/c1-17(2)29-21(23(3,4)5)19(18-9-10-18)14-28(29)15-24(6,7)22-20(26)13-27-30(22)25(11-12-25)16-31-8/h13-14,17-18H,9-12,15-16H2,1-8H3/q+1. The number of halogens is 1. The van der Waals surface area contributed by atoms with Crippen molar-refractivity contribution in [3.63, 3.8) is 0 Å². The first-order chi connectivity index (χ1) is 14.4. The summed E-state index contributed by atoms with van der Waals surface area (Å²) in [5.74, 6) is 0.717. The molecule has 4 rings (SSSR count). The Balaban J connectivity index is 1.78. The first-order valence-corrected chi connectivity index (χ1v) is 12.2. The van der Waals surface area contributed by atoms with Crippen LogP contribution in [0.3, 0.4) is 0 Å². The molecule has 2 saturated carbocycles. The molecular formula is C25H40ClN4O+. The monoisotopic (exact) mass is 447 g/mol. The van der Waals surface area contributed by atoms with Gasteiger partial charge in [-0.25, -0.2) is 0 Å². The average molecular weight is 448 g/mol. The smallest absolute Gasteiger partial charge is 0.199 e. The molecule has 0 saturated heterocycles. The molecule has 0 N–H and O–H groups in total. The van der Waals surface area contributed by atoms with Crippen molar-refractivity contribution in [2.45, 2.75) is 109 Å². The van der Waals surface area contributed by atoms with Crippen molar-refractivity contribution in [1.29, 1.82) is 0 Å². The number of hydrogen-bond donors (Lipinski definition) is 0. The highest BCUT2D eigenvalue weighted by Gasteiger charge is 2.50. The lowest BCUT2D eigenvalue weighted by molar-refractivity contribution is -0.784. The maximum Gasteiger partial charge on any atom is 0.199 e. The van der Waals surface area contributed by atoms with E-state index < -0.39 is 0 Å². The molecule has 0 spiro atoms. The zero-order valence-electron chi connectivity index (χ0n) is 20.6. The van der Waals surface area contributed by atoms with E-state index in [1.165, 1.54) is 24.1 Å². The fourth-order valence-electron chi connectivity index (χ4n) is 5.30. The van der Waals surface area contributed by atoms with Crippen LogP contribution in [0.2, 0.25) is 5.02 Å². The van der Waals surface area contributed by atoms with Crippen LogP contribution in [-0.2, 0) is 27.7 Å². The first-order valence-electron chi connectivity index (χ1n) is 11.8. The molecule has 0 unspecified atom stereocenters. The van der Waals surface area contributed by atoms with E-state index in [2.05, 4.69) is 68.7 Å². The van der Waals surface area contributed by atoms with E-state index >= 15 is 0 Å². The van der Waals surface area contributed by atoms with Crippen LogP contribution >= 0.6 is 11.6 Å². The quantitative estimate of drug-likeness (QED) is 0.501. The summed E-state index contributed by atoms with van der Waals surface area (Å²) in [6.45, 7) is 17.8. The van der Waals surface area contributed by atoms with E-state index in [1.807, 2.05) is 6.20 Å². The topological polar surface area (TPSA) is 35.9 Å². The molecule has 2 aliphatic rings. The lowest BCUT2D eigenvalue weighted by atomic mass is 9.87. The van der Waals surface area contributed by atoms with Gasteiger partial charge >= 0.3 is 0 Å². The Morgan fingerprint density at radius 3 is 2.32 bits per heavy atom. The summed E-state index contributed by atoms with van der Waals surface area (Å²) >= 11 is 6.76. The van der Waals surface area contributed by atoms with Crippen molar-refractivity contribution in [3.05, 3.63) is 34.4 Å². The summed E-state index contributed by atoms with van der Waals surface area (Å²) in [7, 11) is 1.77. The summed E-state index contributed by atoms with van der Waals surface area (Å²) in [4.78, 5) is 0. The molecule has 5 nitrogen and oxygen atoms in total. The number of ether oxygens (including phenoxy) is 1. The molecule has 0 amide bonds. The van der Waals surface area contributed by atoms with Crippen LogP contribution in [0.25, 0.3) is 0 Å². The summed E-state index contributed by atoms with van der Waals surface area (Å²) in [6, 6.07) is 0.390. The molecule has 172 valence electrons. The van der Waals surface area contributed by atoms with Gasteiger partial charge in [0, 0.05) is 18.1 Å². The summed E-state index contributed by atoms with van der Waals surface area (Å²) in [5.41, 5.74) is 4.04. The molecular weight excluding hydrogens is 408 g/mol. The minimum atomic E-state index is -0.178. The Labute approximate surface area is 192 Å². The second kappa shape index (κ2) is 7.62. The number of hydrogen-bond acceptors (Lipinski definition) is 2. The third-order valence-corrected chi connectivity index (χ3v) is 7.17. The van der Waals surface area contributed by atoms with Gasteiger partial charge in [0.15, 0.2) is 12.7 Å². The third-order valence-electron chi connectivity index (χ3n) is 6.90. The lowest BCUT2D eigenvalue weighted by Crippen LogP contribution is -2.52. The predicted octanol–water partition coefficient (Wildman–Crippen LogP) is 5.49. The molecule has 0 atom stereocenters. The molecule has 31 heavy (non-hydrogen) atoms. The van der Waals surface area contributed by atoms with Crippen LogP contribution in [0, 0.1) is 0 Å². The Morgan fingerprint density at radius 1 is 1.19 bits per heavy atom. The second-order valence-electron chi connectivity index (χ2n) is 11.8. The zero-order valence-corrected chi connectivity index (χ0v) is 21.4. The van der Waals surface area contributed by atoms with Crippen molar-refractivity contribution < 1.29 is 9.42 Å². The van der Waals surface area contributed by atoms with Crippen molar-refractivity contribution >= 4 is 11.6 Å². The van der Waals surface area contributed by atoms with Gasteiger partial charge in [-0.1, -0.05) is 32.4 Å². The summed E-state index contributed by atoms with van der Waals surface area (Å²) < 4.78 is 12.7. The maximum atomic E-state index is 6.76. The van der Waals surface area contributed by atoms with E-state index in [9.17, 15) is 0 Å². The Kier molecular flexibility index (Phi) is 5.62. The van der Waals surface area contributed by atoms with Crippen LogP contribution in [0.4, 0.5) is 0 Å². The summed E-state index contributed by atoms with van der Waals surface area (Å²) in [6.07, 6.45) is 9.06. The first kappa shape index (κ1) is 22.8. The highest BCUT2D eigenvalue weighted by atomic mass is 35.5. The largest absolute Gasteiger partial charge is 0.382 e. The molecule has 2 fully saturated rings. The fourth-order valence-corrected chi connectivity index (χ4v) is 5.68. The van der Waals surface area contributed by atoms with Gasteiger partial charge < -0.3 is 4.74 Å². The van der Waals surface area contributed by atoms with E-state index in [-0.39, 0.29) is 16.4 Å². The maximum absolute atomic E-state index is 6.76. The average Bonchev–Trinajstić information content (AvgIpc) is 3.55. The predicted molar refractivity (Wildman–Crippen MR) is 125 cm³/mol. The van der Waals surface area contributed by atoms with Gasteiger partial charge in [0.25, 0.3) is 0 Å². The van der Waals surface area contributed by atoms with Crippen LogP contribution in [-0.4, -0.2) is 28.2 Å². The van der Waals surface area contributed by atoms with Crippen LogP contribution in [0.5, 0.6) is 0 Å². The number of rotatable bonds is 8. The van der Waals surface area contributed by atoms with Crippen LogP contribution < -0.4 is 4.68 Å². The Bertz CT molecular complexity index is 955. The van der Waals surface area contributed by atoms with E-state index in [0.717, 1.165) is 30.1 Å². The minimum Gasteiger partial charge on any atom is -0.382 e. The van der Waals surface area contributed by atoms with Crippen molar-refractivity contribution in [2.75, 3.05) is 13.7 Å². The lowest BCUT2D eigenvalue weighted by Gasteiger charge is -2.28. The van der Waals surface area contributed by atoms with E-state index in [0.29, 0.717) is 18.6 Å². The van der Waals surface area contributed by atoms with Crippen LogP contribution in [0.15, 0.2) is 12.4 Å². The molecule has 0 bridgehead atoms. The fraction of sp³-hybridized carbons (Fsp3) is 0.760. The molecule has 2 heterocycles. The molecule has 0 aliphatic heterocycles. The molecule has 2 aromatic heterocycles. The normalized spacial score (nSPS) is 18.8. The number of aromatic nitrogens is 4. The Hall–Kier alpha value is -1.33. The minimum absolute atomic E-state index is 0.0328. The van der Waals surface area contributed by atoms with E-state index in [1.54, 1.807) is 7.11 Å². The second-order valence-corrected chi connectivity index (χ2v) is 12.2. The van der Waals surface area contributed by atoms with Gasteiger partial charge in [-0.3, -0.25) is 4.68 Å². The Morgan fingerprint density at radius 2 is 1.84 bits per heavy atom. The van der Waals surface area contributed by atoms with Crippen molar-refractivity contribution in [1.82, 2.24) is 14.5 Å². The highest BCUT2D eigenvalue weighted by molar-refractivity contribution is 6.31. The molecule has 6 heteroatoms. The highest BCUT2D eigenvalue weighted by Crippen LogP contribution is 2.48.